The predicted octanol–water partition coefficient (Wildman–Crippen LogP) is 2.47. The normalized spacial score (nSPS) is 17.5. The zero-order valence-electron chi connectivity index (χ0n) is 14.6. The molecule has 1 atom stereocenters. The molecule has 1 N–H and O–H groups in total. The highest BCUT2D eigenvalue weighted by atomic mass is 32.1. The van der Waals surface area contributed by atoms with Crippen LogP contribution in [0.25, 0.3) is 5.76 Å². The number of hydrogen-bond acceptors (Lipinski definition) is 8. The molecule has 0 bridgehead atoms. The lowest BCUT2D eigenvalue weighted by Gasteiger charge is -2.14. The van der Waals surface area contributed by atoms with E-state index < -0.39 is 11.2 Å². The molecule has 11 heteroatoms. The van der Waals surface area contributed by atoms with Crippen LogP contribution < -0.4 is 9.64 Å². The van der Waals surface area contributed by atoms with Gasteiger partial charge in [-0.3, -0.25) is 10.1 Å². The van der Waals surface area contributed by atoms with Crippen molar-refractivity contribution in [3.05, 3.63) is 45.5 Å². The molecule has 0 spiro atoms. The summed E-state index contributed by atoms with van der Waals surface area (Å²) in [7, 11) is 1.58. The number of aromatic nitrogens is 2. The first-order chi connectivity index (χ1) is 12.9. The molecule has 1 aliphatic rings. The van der Waals surface area contributed by atoms with Gasteiger partial charge in [-0.1, -0.05) is 30.4 Å². The maximum absolute atomic E-state index is 12.1. The van der Waals surface area contributed by atoms with Gasteiger partial charge in [0.05, 0.1) is 11.5 Å². The standard InChI is InChI=1S/C16H17N5O5S/c1-3-6-12(26-11-8-5-4-7-10(11)21(24)25)14-17-18-15(27-14)20-13(22)9-19(2)16(20)23/h4-8,13,22H,3,9H2,1-2H3. The van der Waals surface area contributed by atoms with E-state index in [9.17, 15) is 20.0 Å². The van der Waals surface area contributed by atoms with Gasteiger partial charge in [0.25, 0.3) is 0 Å². The van der Waals surface area contributed by atoms with Crippen molar-refractivity contribution in [1.29, 1.82) is 0 Å². The molecule has 1 aromatic carbocycles. The first-order valence-electron chi connectivity index (χ1n) is 8.10. The lowest BCUT2D eigenvalue weighted by Crippen LogP contribution is -2.34. The summed E-state index contributed by atoms with van der Waals surface area (Å²) in [6.45, 7) is 2.05. The number of aliphatic hydroxyl groups is 1. The second-order valence-electron chi connectivity index (χ2n) is 5.71. The van der Waals surface area contributed by atoms with Crippen molar-refractivity contribution in [2.45, 2.75) is 19.6 Å². The SMILES string of the molecule is CCC=C(Oc1ccccc1[N+](=O)[O-])c1nnc(N2C(=O)N(C)CC2O)s1. The van der Waals surface area contributed by atoms with E-state index in [-0.39, 0.29) is 29.1 Å². The first kappa shape index (κ1) is 18.7. The quantitative estimate of drug-likeness (QED) is 0.456. The number of likely N-dealkylation sites (N-methyl/N-ethyl adjacent to an activating group) is 1. The predicted molar refractivity (Wildman–Crippen MR) is 98.4 cm³/mol. The highest BCUT2D eigenvalue weighted by molar-refractivity contribution is 7.16. The fourth-order valence-corrected chi connectivity index (χ4v) is 3.37. The van der Waals surface area contributed by atoms with Crippen LogP contribution in [0.1, 0.15) is 18.4 Å². The first-order valence-corrected chi connectivity index (χ1v) is 8.91. The molecule has 2 amide bonds. The topological polar surface area (TPSA) is 122 Å². The smallest absolute Gasteiger partial charge is 0.328 e. The molecule has 0 aliphatic carbocycles. The molecule has 142 valence electrons. The van der Waals surface area contributed by atoms with E-state index in [4.69, 9.17) is 4.74 Å². The Morgan fingerprint density at radius 3 is 2.85 bits per heavy atom. The number of nitro groups is 1. The molecule has 10 nitrogen and oxygen atoms in total. The summed E-state index contributed by atoms with van der Waals surface area (Å²) in [6, 6.07) is 5.64. The Kier molecular flexibility index (Phi) is 5.33. The molecule has 1 fully saturated rings. The Hall–Kier alpha value is -3.05. The van der Waals surface area contributed by atoms with Gasteiger partial charge in [0.1, 0.15) is 0 Å². The van der Waals surface area contributed by atoms with Gasteiger partial charge in [-0.2, -0.15) is 0 Å². The van der Waals surface area contributed by atoms with Gasteiger partial charge >= 0.3 is 11.7 Å². The van der Waals surface area contributed by atoms with Crippen LogP contribution in [0.2, 0.25) is 0 Å². The average molecular weight is 391 g/mol. The van der Waals surface area contributed by atoms with E-state index in [1.807, 2.05) is 6.92 Å². The van der Waals surface area contributed by atoms with Crippen LogP contribution in [0.3, 0.4) is 0 Å². The number of nitrogens with zero attached hydrogens (tertiary/aromatic N) is 5. The molecule has 2 heterocycles. The van der Waals surface area contributed by atoms with Gasteiger partial charge < -0.3 is 14.7 Å². The van der Waals surface area contributed by atoms with Gasteiger partial charge in [0.2, 0.25) is 10.9 Å². The second kappa shape index (κ2) is 7.68. The Morgan fingerprint density at radius 2 is 2.22 bits per heavy atom. The van der Waals surface area contributed by atoms with E-state index in [0.717, 1.165) is 16.2 Å². The maximum Gasteiger partial charge on any atom is 0.328 e. The number of hydrogen-bond donors (Lipinski definition) is 1. The number of aliphatic hydroxyl groups excluding tert-OH is 1. The van der Waals surface area contributed by atoms with E-state index >= 15 is 0 Å². The van der Waals surface area contributed by atoms with Gasteiger partial charge in [0, 0.05) is 13.1 Å². The lowest BCUT2D eigenvalue weighted by atomic mass is 10.3. The molecular weight excluding hydrogens is 374 g/mol. The minimum atomic E-state index is -1.02. The number of carbonyl (C=O) groups excluding carboxylic acids is 1. The highest BCUT2D eigenvalue weighted by Crippen LogP contribution is 2.34. The summed E-state index contributed by atoms with van der Waals surface area (Å²) in [6.07, 6.45) is 1.30. The molecule has 3 rings (SSSR count). The van der Waals surface area contributed by atoms with E-state index in [1.165, 1.54) is 17.0 Å². The summed E-state index contributed by atoms with van der Waals surface area (Å²) in [5, 5.41) is 29.8. The molecule has 2 aromatic rings. The molecular formula is C16H17N5O5S. The lowest BCUT2D eigenvalue weighted by molar-refractivity contribution is -0.385. The largest absolute Gasteiger partial charge is 0.447 e. The Labute approximate surface area is 158 Å². The zero-order valence-corrected chi connectivity index (χ0v) is 15.4. The number of nitro benzene ring substituents is 1. The fourth-order valence-electron chi connectivity index (χ4n) is 2.51. The molecule has 1 aliphatic heterocycles. The number of para-hydroxylation sites is 2. The van der Waals surface area contributed by atoms with Crippen LogP contribution in [0.15, 0.2) is 30.3 Å². The number of anilines is 1. The van der Waals surface area contributed by atoms with Crippen molar-refractivity contribution in [1.82, 2.24) is 15.1 Å². The number of allylic oxidation sites excluding steroid dienone is 1. The van der Waals surface area contributed by atoms with E-state index in [2.05, 4.69) is 10.2 Å². The number of β-amino-alcohol motifs (C(OH)–C–C–N with tert-alkyl or cyclic N) is 1. The van der Waals surface area contributed by atoms with Crippen LogP contribution in [0, 0.1) is 10.1 Å². The number of carbonyl (C=O) groups is 1. The monoisotopic (exact) mass is 391 g/mol. The third-order valence-corrected chi connectivity index (χ3v) is 4.71. The minimum absolute atomic E-state index is 0.0796. The Bertz CT molecular complexity index is 899. The summed E-state index contributed by atoms with van der Waals surface area (Å²) < 4.78 is 5.74. The number of ether oxygens (including phenoxy) is 1. The van der Waals surface area contributed by atoms with Crippen LogP contribution >= 0.6 is 11.3 Å². The van der Waals surface area contributed by atoms with Gasteiger partial charge in [-0.15, -0.1) is 10.2 Å². The van der Waals surface area contributed by atoms with Crippen molar-refractivity contribution in [3.8, 4) is 5.75 Å². The van der Waals surface area contributed by atoms with Crippen LogP contribution in [-0.4, -0.2) is 51.0 Å². The summed E-state index contributed by atoms with van der Waals surface area (Å²) in [5.41, 5.74) is -0.170. The van der Waals surface area contributed by atoms with E-state index in [0.29, 0.717) is 17.2 Å². The maximum atomic E-state index is 12.1. The van der Waals surface area contributed by atoms with Gasteiger partial charge in [-0.05, 0) is 18.6 Å². The van der Waals surface area contributed by atoms with Crippen LogP contribution in [-0.2, 0) is 0 Å². The molecule has 1 saturated heterocycles. The van der Waals surface area contributed by atoms with Crippen LogP contribution in [0.4, 0.5) is 15.6 Å². The molecule has 0 radical (unpaired) electrons. The van der Waals surface area contributed by atoms with Crippen molar-refractivity contribution in [3.63, 3.8) is 0 Å². The van der Waals surface area contributed by atoms with E-state index in [1.54, 1.807) is 25.3 Å². The number of urea groups is 1. The van der Waals surface area contributed by atoms with Gasteiger partial charge in [0.15, 0.2) is 17.0 Å². The van der Waals surface area contributed by atoms with Crippen molar-refractivity contribution in [2.75, 3.05) is 18.5 Å². The second-order valence-corrected chi connectivity index (χ2v) is 6.66. The zero-order chi connectivity index (χ0) is 19.6. The average Bonchev–Trinajstić information content (AvgIpc) is 3.19. The third-order valence-electron chi connectivity index (χ3n) is 3.77. The molecule has 0 saturated carbocycles. The molecule has 1 aromatic heterocycles. The number of amides is 2. The van der Waals surface area contributed by atoms with Gasteiger partial charge in [-0.25, -0.2) is 9.69 Å². The number of rotatable bonds is 6. The highest BCUT2D eigenvalue weighted by Gasteiger charge is 2.37. The summed E-state index contributed by atoms with van der Waals surface area (Å²) in [4.78, 5) is 25.3. The van der Waals surface area contributed by atoms with Crippen molar-refractivity contribution in [2.24, 2.45) is 0 Å². The Morgan fingerprint density at radius 1 is 1.48 bits per heavy atom. The molecule has 1 unspecified atom stereocenters. The third kappa shape index (κ3) is 3.73. The molecule has 27 heavy (non-hydrogen) atoms. The van der Waals surface area contributed by atoms with Crippen LogP contribution in [0.5, 0.6) is 5.75 Å². The summed E-state index contributed by atoms with van der Waals surface area (Å²) >= 11 is 1.05. The van der Waals surface area contributed by atoms with Crippen molar-refractivity contribution >= 4 is 33.9 Å². The minimum Gasteiger partial charge on any atom is -0.447 e. The number of benzene rings is 1. The fraction of sp³-hybridized carbons (Fsp3) is 0.312. The van der Waals surface area contributed by atoms with Crippen molar-refractivity contribution < 1.29 is 19.6 Å². The summed E-state index contributed by atoms with van der Waals surface area (Å²) in [5.74, 6) is 0.376. The Balaban J connectivity index is 1.90.